The van der Waals surface area contributed by atoms with E-state index < -0.39 is 5.56 Å². The van der Waals surface area contributed by atoms with Crippen molar-refractivity contribution >= 4 is 0 Å². The summed E-state index contributed by atoms with van der Waals surface area (Å²) in [5.41, 5.74) is 1.14. The molecule has 0 bridgehead atoms. The molecule has 0 fully saturated rings. The number of aromatic nitrogens is 2. The molecular weight excluding hydrogens is 168 g/mol. The molecule has 0 spiro atoms. The van der Waals surface area contributed by atoms with Crippen LogP contribution in [0.5, 0.6) is 0 Å². The number of hydrogen-bond acceptors (Lipinski definition) is 3. The van der Waals surface area contributed by atoms with Crippen LogP contribution in [-0.2, 0) is 12.8 Å². The first-order valence-electron chi connectivity index (χ1n) is 4.58. The van der Waals surface area contributed by atoms with Crippen molar-refractivity contribution in [3.8, 4) is 0 Å². The molecule has 1 aliphatic rings. The van der Waals surface area contributed by atoms with Crippen LogP contribution in [0.2, 0.25) is 0 Å². The molecule has 1 aromatic heterocycles. The Morgan fingerprint density at radius 3 is 2.92 bits per heavy atom. The summed E-state index contributed by atoms with van der Waals surface area (Å²) in [6.45, 7) is 0. The Balaban J connectivity index is 2.54. The lowest BCUT2D eigenvalue weighted by molar-refractivity contribution is 0.162. The second-order valence-electron chi connectivity index (χ2n) is 3.36. The quantitative estimate of drug-likeness (QED) is 0.473. The molecule has 1 aliphatic carbocycles. The molecule has 0 aromatic carbocycles. The van der Waals surface area contributed by atoms with E-state index in [1.165, 1.54) is 6.20 Å². The Hall–Kier alpha value is -1.32. The molecule has 0 atom stereocenters. The number of nitrogens with zero attached hydrogens (tertiary/aromatic N) is 2. The lowest BCUT2D eigenvalue weighted by Crippen LogP contribution is -2.23. The molecule has 0 unspecified atom stereocenters. The zero-order valence-corrected chi connectivity index (χ0v) is 7.36. The largest absolute Gasteiger partial charge is 0.425 e. The zero-order chi connectivity index (χ0) is 9.26. The van der Waals surface area contributed by atoms with Crippen LogP contribution in [0.3, 0.4) is 0 Å². The summed E-state index contributed by atoms with van der Waals surface area (Å²) in [4.78, 5) is 15.1. The zero-order valence-electron chi connectivity index (χ0n) is 7.36. The van der Waals surface area contributed by atoms with Crippen molar-refractivity contribution < 1.29 is 5.21 Å². The summed E-state index contributed by atoms with van der Waals surface area (Å²) in [5.74, 6) is 0. The van der Waals surface area contributed by atoms with E-state index in [0.717, 1.165) is 42.5 Å². The van der Waals surface area contributed by atoms with Crippen molar-refractivity contribution in [2.24, 2.45) is 0 Å². The highest BCUT2D eigenvalue weighted by molar-refractivity contribution is 5.13. The van der Waals surface area contributed by atoms with E-state index in [9.17, 15) is 10.0 Å². The normalized spacial score (nSPS) is 16.3. The van der Waals surface area contributed by atoms with Crippen LogP contribution in [0.4, 0.5) is 0 Å². The minimum atomic E-state index is -0.430. The predicted octanol–water partition coefficient (Wildman–Crippen LogP) is 0.749. The topological polar surface area (TPSA) is 55.1 Å². The van der Waals surface area contributed by atoms with Gasteiger partial charge in [-0.3, -0.25) is 9.78 Å². The van der Waals surface area contributed by atoms with E-state index in [2.05, 4.69) is 4.98 Å². The van der Waals surface area contributed by atoms with E-state index in [4.69, 9.17) is 0 Å². The Bertz CT molecular complexity index is 370. The third kappa shape index (κ3) is 1.43. The molecule has 1 aromatic rings. The first-order valence-corrected chi connectivity index (χ1v) is 4.58. The molecule has 2 rings (SSSR count). The third-order valence-corrected chi connectivity index (χ3v) is 2.46. The minimum Gasteiger partial charge on any atom is -0.425 e. The van der Waals surface area contributed by atoms with Gasteiger partial charge in [-0.15, -0.1) is 4.73 Å². The maximum absolute atomic E-state index is 11.1. The van der Waals surface area contributed by atoms with Crippen LogP contribution in [0.25, 0.3) is 0 Å². The van der Waals surface area contributed by atoms with Gasteiger partial charge in [-0.05, 0) is 25.7 Å². The first-order chi connectivity index (χ1) is 6.29. The standard InChI is InChI=1S/C9H12N2O2/c12-9-6-10-7-4-2-1-3-5-8(7)11(9)13/h6,13H,1-5H2. The Kier molecular flexibility index (Phi) is 2.04. The summed E-state index contributed by atoms with van der Waals surface area (Å²) in [6.07, 6.45) is 6.08. The van der Waals surface area contributed by atoms with Gasteiger partial charge in [0.15, 0.2) is 0 Å². The lowest BCUT2D eigenvalue weighted by atomic mass is 10.2. The second-order valence-corrected chi connectivity index (χ2v) is 3.36. The van der Waals surface area contributed by atoms with Crippen LogP contribution >= 0.6 is 0 Å². The van der Waals surface area contributed by atoms with Crippen molar-refractivity contribution in [2.75, 3.05) is 0 Å². The van der Waals surface area contributed by atoms with Crippen LogP contribution in [0.1, 0.15) is 30.7 Å². The van der Waals surface area contributed by atoms with Crippen molar-refractivity contribution in [2.45, 2.75) is 32.1 Å². The van der Waals surface area contributed by atoms with Crippen LogP contribution in [0, 0.1) is 0 Å². The van der Waals surface area contributed by atoms with Crippen LogP contribution in [0.15, 0.2) is 11.0 Å². The molecule has 0 amide bonds. The number of hydrogen-bond donors (Lipinski definition) is 1. The molecule has 1 heterocycles. The highest BCUT2D eigenvalue weighted by Gasteiger charge is 2.13. The maximum Gasteiger partial charge on any atom is 0.301 e. The molecule has 0 aliphatic heterocycles. The molecule has 70 valence electrons. The van der Waals surface area contributed by atoms with E-state index in [-0.39, 0.29) is 0 Å². The molecule has 1 N–H and O–H groups in total. The number of fused-ring (bicyclic) bond motifs is 1. The monoisotopic (exact) mass is 180 g/mol. The summed E-state index contributed by atoms with van der Waals surface area (Å²) >= 11 is 0. The van der Waals surface area contributed by atoms with Crippen molar-refractivity contribution in [3.05, 3.63) is 27.9 Å². The van der Waals surface area contributed by atoms with Gasteiger partial charge in [0.1, 0.15) is 0 Å². The van der Waals surface area contributed by atoms with Gasteiger partial charge in [-0.25, -0.2) is 0 Å². The molecular formula is C9H12N2O2. The molecule has 13 heavy (non-hydrogen) atoms. The minimum absolute atomic E-state index is 0.430. The Morgan fingerprint density at radius 1 is 1.31 bits per heavy atom. The van der Waals surface area contributed by atoms with E-state index >= 15 is 0 Å². The van der Waals surface area contributed by atoms with E-state index in [1.54, 1.807) is 0 Å². The summed E-state index contributed by atoms with van der Waals surface area (Å²) in [7, 11) is 0. The van der Waals surface area contributed by atoms with Crippen molar-refractivity contribution in [1.82, 2.24) is 9.71 Å². The van der Waals surface area contributed by atoms with Crippen LogP contribution < -0.4 is 5.56 Å². The fourth-order valence-corrected chi connectivity index (χ4v) is 1.74. The maximum atomic E-state index is 11.1. The molecule has 4 nitrogen and oxygen atoms in total. The molecule has 4 heteroatoms. The summed E-state index contributed by atoms with van der Waals surface area (Å²) in [6, 6.07) is 0. The summed E-state index contributed by atoms with van der Waals surface area (Å²) < 4.78 is 0.744. The SMILES string of the molecule is O=c1cnc2c(n1O)CCCCC2. The van der Waals surface area contributed by atoms with Gasteiger partial charge in [-0.1, -0.05) is 6.42 Å². The molecule has 0 saturated carbocycles. The average molecular weight is 180 g/mol. The van der Waals surface area contributed by atoms with Gasteiger partial charge in [-0.2, -0.15) is 0 Å². The van der Waals surface area contributed by atoms with Gasteiger partial charge in [0.05, 0.1) is 17.6 Å². The van der Waals surface area contributed by atoms with Gasteiger partial charge < -0.3 is 5.21 Å². The van der Waals surface area contributed by atoms with Gasteiger partial charge in [0.25, 0.3) is 0 Å². The summed E-state index contributed by atoms with van der Waals surface area (Å²) in [5, 5.41) is 9.43. The highest BCUT2D eigenvalue weighted by Crippen LogP contribution is 2.16. The fraction of sp³-hybridized carbons (Fsp3) is 0.556. The van der Waals surface area contributed by atoms with Crippen LogP contribution in [-0.4, -0.2) is 14.9 Å². The Labute approximate surface area is 75.8 Å². The Morgan fingerprint density at radius 2 is 2.08 bits per heavy atom. The molecule has 0 saturated heterocycles. The number of aryl methyl sites for hydroxylation is 1. The van der Waals surface area contributed by atoms with E-state index in [1.807, 2.05) is 0 Å². The second kappa shape index (κ2) is 3.20. The highest BCUT2D eigenvalue weighted by atomic mass is 16.5. The van der Waals surface area contributed by atoms with Gasteiger partial charge >= 0.3 is 5.56 Å². The van der Waals surface area contributed by atoms with Gasteiger partial charge in [0, 0.05) is 0 Å². The van der Waals surface area contributed by atoms with E-state index in [0.29, 0.717) is 5.69 Å². The fourth-order valence-electron chi connectivity index (χ4n) is 1.74. The predicted molar refractivity (Wildman–Crippen MR) is 46.9 cm³/mol. The molecule has 0 radical (unpaired) electrons. The third-order valence-electron chi connectivity index (χ3n) is 2.46. The van der Waals surface area contributed by atoms with Crippen molar-refractivity contribution in [3.63, 3.8) is 0 Å². The van der Waals surface area contributed by atoms with Gasteiger partial charge in [0.2, 0.25) is 0 Å². The number of rotatable bonds is 0. The first kappa shape index (κ1) is 8.29. The smallest absolute Gasteiger partial charge is 0.301 e. The lowest BCUT2D eigenvalue weighted by Gasteiger charge is -2.06. The average Bonchev–Trinajstić information content (AvgIpc) is 2.36. The van der Waals surface area contributed by atoms with Crippen molar-refractivity contribution in [1.29, 1.82) is 0 Å².